The number of nitrogens with zero attached hydrogens (tertiary/aromatic N) is 2. The average molecular weight is 500 g/mol. The summed E-state index contributed by atoms with van der Waals surface area (Å²) in [6.07, 6.45) is 1.69. The fraction of sp³-hybridized carbons (Fsp3) is 0.267. The van der Waals surface area contributed by atoms with E-state index < -0.39 is 0 Å². The van der Waals surface area contributed by atoms with E-state index in [1.807, 2.05) is 61.6 Å². The first kappa shape index (κ1) is 26.0. The maximum absolute atomic E-state index is 13.2. The number of amides is 1. The molecule has 0 radical (unpaired) electrons. The summed E-state index contributed by atoms with van der Waals surface area (Å²) in [4.78, 5) is 19.7. The summed E-state index contributed by atoms with van der Waals surface area (Å²) in [6, 6.07) is 22.7. The van der Waals surface area contributed by atoms with Crippen molar-refractivity contribution >= 4 is 22.5 Å². The summed E-state index contributed by atoms with van der Waals surface area (Å²) in [5.41, 5.74) is 2.62. The van der Waals surface area contributed by atoms with Crippen LogP contribution in [0, 0.1) is 5.92 Å². The van der Waals surface area contributed by atoms with Gasteiger partial charge >= 0.3 is 0 Å². The molecule has 1 aromatic heterocycles. The van der Waals surface area contributed by atoms with Gasteiger partial charge in [0, 0.05) is 29.9 Å². The smallest absolute Gasteiger partial charge is 0.241 e. The van der Waals surface area contributed by atoms with E-state index in [1.54, 1.807) is 26.5 Å². The second-order valence-electron chi connectivity index (χ2n) is 9.24. The van der Waals surface area contributed by atoms with Crippen molar-refractivity contribution in [2.45, 2.75) is 26.4 Å². The van der Waals surface area contributed by atoms with Gasteiger partial charge in [-0.2, -0.15) is 0 Å². The molecular weight excluding hydrogens is 466 g/mol. The molecule has 3 aromatic carbocycles. The number of methoxy groups -OCH3 is 2. The highest BCUT2D eigenvalue weighted by atomic mass is 16.5. The van der Waals surface area contributed by atoms with Gasteiger partial charge in [0.05, 0.1) is 25.8 Å². The van der Waals surface area contributed by atoms with Gasteiger partial charge in [0.1, 0.15) is 11.5 Å². The number of rotatable bonds is 10. The quantitative estimate of drug-likeness (QED) is 0.283. The molecule has 0 aliphatic heterocycles. The van der Waals surface area contributed by atoms with Crippen molar-refractivity contribution < 1.29 is 19.0 Å². The van der Waals surface area contributed by atoms with E-state index in [1.165, 1.54) is 5.56 Å². The van der Waals surface area contributed by atoms with Gasteiger partial charge in [-0.3, -0.25) is 14.7 Å². The minimum atomic E-state index is -0.272. The molecule has 7 nitrogen and oxygen atoms in total. The minimum absolute atomic E-state index is 0.0386. The third-order valence-corrected chi connectivity index (χ3v) is 6.21. The Bertz CT molecular complexity index is 1340. The normalized spacial score (nSPS) is 12.0. The maximum Gasteiger partial charge on any atom is 0.241 e. The van der Waals surface area contributed by atoms with Crippen molar-refractivity contribution in [1.29, 1.82) is 0 Å². The molecule has 1 N–H and O–H groups in total. The van der Waals surface area contributed by atoms with Crippen LogP contribution in [0.2, 0.25) is 0 Å². The van der Waals surface area contributed by atoms with Crippen LogP contribution in [0.5, 0.6) is 23.0 Å². The largest absolute Gasteiger partial charge is 0.493 e. The van der Waals surface area contributed by atoms with Crippen LogP contribution in [0.3, 0.4) is 0 Å². The van der Waals surface area contributed by atoms with E-state index in [2.05, 4.69) is 41.2 Å². The number of fused-ring (bicyclic) bond motifs is 1. The van der Waals surface area contributed by atoms with Crippen molar-refractivity contribution in [2.24, 2.45) is 5.92 Å². The highest BCUT2D eigenvalue weighted by Crippen LogP contribution is 2.37. The summed E-state index contributed by atoms with van der Waals surface area (Å²) in [5, 5.41) is 3.87. The molecule has 1 amide bonds. The summed E-state index contributed by atoms with van der Waals surface area (Å²) in [6.45, 7) is 4.82. The first-order chi connectivity index (χ1) is 17.9. The van der Waals surface area contributed by atoms with Crippen molar-refractivity contribution in [3.8, 4) is 23.0 Å². The Kier molecular flexibility index (Phi) is 8.25. The first-order valence-corrected chi connectivity index (χ1v) is 12.2. The minimum Gasteiger partial charge on any atom is -0.493 e. The van der Waals surface area contributed by atoms with E-state index in [0.717, 1.165) is 10.9 Å². The number of anilines is 1. The number of carbonyl (C=O) groups excluding carboxylic acids is 1. The average Bonchev–Trinajstić information content (AvgIpc) is 2.89. The second-order valence-corrected chi connectivity index (χ2v) is 9.24. The molecule has 0 aliphatic carbocycles. The van der Waals surface area contributed by atoms with Crippen LogP contribution in [-0.4, -0.2) is 43.1 Å². The zero-order chi connectivity index (χ0) is 26.4. The first-order valence-electron chi connectivity index (χ1n) is 12.2. The molecular formula is C30H33N3O4. The Balaban J connectivity index is 1.47. The molecule has 4 rings (SSSR count). The van der Waals surface area contributed by atoms with E-state index >= 15 is 0 Å². The van der Waals surface area contributed by atoms with Crippen LogP contribution in [0.15, 0.2) is 79.0 Å². The van der Waals surface area contributed by atoms with Crippen LogP contribution in [-0.2, 0) is 11.3 Å². The van der Waals surface area contributed by atoms with E-state index in [4.69, 9.17) is 14.2 Å². The van der Waals surface area contributed by atoms with Crippen molar-refractivity contribution in [1.82, 2.24) is 9.88 Å². The SMILES string of the molecule is COc1cc2nccc(Oc3ccc(NC(=O)C(C(C)C)N(C)Cc4ccccc4)cc3)c2cc1OC. The number of hydrogen-bond acceptors (Lipinski definition) is 6. The summed E-state index contributed by atoms with van der Waals surface area (Å²) < 4.78 is 17.0. The lowest BCUT2D eigenvalue weighted by Crippen LogP contribution is -2.45. The monoisotopic (exact) mass is 499 g/mol. The lowest BCUT2D eigenvalue weighted by Gasteiger charge is -2.30. The van der Waals surface area contributed by atoms with Crippen LogP contribution in [0.4, 0.5) is 5.69 Å². The molecule has 0 spiro atoms. The molecule has 4 aromatic rings. The number of benzene rings is 3. The second kappa shape index (κ2) is 11.8. The number of ether oxygens (including phenoxy) is 3. The molecule has 0 saturated heterocycles. The van der Waals surface area contributed by atoms with Gasteiger partial charge in [0.25, 0.3) is 0 Å². The Morgan fingerprint density at radius 2 is 1.59 bits per heavy atom. The Morgan fingerprint density at radius 1 is 0.919 bits per heavy atom. The lowest BCUT2D eigenvalue weighted by molar-refractivity contribution is -0.122. The molecule has 37 heavy (non-hydrogen) atoms. The Labute approximate surface area is 218 Å². The zero-order valence-corrected chi connectivity index (χ0v) is 21.9. The molecule has 7 heteroatoms. The van der Waals surface area contributed by atoms with E-state index in [9.17, 15) is 4.79 Å². The molecule has 1 heterocycles. The summed E-state index contributed by atoms with van der Waals surface area (Å²) in [5.74, 6) is 2.60. The van der Waals surface area contributed by atoms with Crippen molar-refractivity contribution in [3.63, 3.8) is 0 Å². The number of carbonyl (C=O) groups is 1. The van der Waals surface area contributed by atoms with Gasteiger partial charge in [-0.15, -0.1) is 0 Å². The van der Waals surface area contributed by atoms with E-state index in [0.29, 0.717) is 35.2 Å². The van der Waals surface area contributed by atoms with Gasteiger partial charge < -0.3 is 19.5 Å². The molecule has 0 fully saturated rings. The van der Waals surface area contributed by atoms with Crippen molar-refractivity contribution in [2.75, 3.05) is 26.6 Å². The molecule has 0 bridgehead atoms. The van der Waals surface area contributed by atoms with Gasteiger partial charge in [0.15, 0.2) is 11.5 Å². The number of nitrogens with one attached hydrogen (secondary N) is 1. The summed E-state index contributed by atoms with van der Waals surface area (Å²) in [7, 11) is 5.17. The summed E-state index contributed by atoms with van der Waals surface area (Å²) >= 11 is 0. The number of pyridine rings is 1. The maximum atomic E-state index is 13.2. The van der Waals surface area contributed by atoms with Crippen LogP contribution in [0.1, 0.15) is 19.4 Å². The number of likely N-dealkylation sites (N-methyl/N-ethyl adjacent to an activating group) is 1. The van der Waals surface area contributed by atoms with Crippen LogP contribution >= 0.6 is 0 Å². The molecule has 192 valence electrons. The predicted molar refractivity (Wildman–Crippen MR) is 147 cm³/mol. The van der Waals surface area contributed by atoms with E-state index in [-0.39, 0.29) is 17.9 Å². The molecule has 1 atom stereocenters. The molecule has 0 aliphatic rings. The van der Waals surface area contributed by atoms with Crippen molar-refractivity contribution in [3.05, 3.63) is 84.6 Å². The number of hydrogen-bond donors (Lipinski definition) is 1. The highest BCUT2D eigenvalue weighted by Gasteiger charge is 2.26. The Hall–Kier alpha value is -4.10. The highest BCUT2D eigenvalue weighted by molar-refractivity contribution is 5.95. The molecule has 0 saturated carbocycles. The molecule has 1 unspecified atom stereocenters. The lowest BCUT2D eigenvalue weighted by atomic mass is 10.0. The fourth-order valence-electron chi connectivity index (χ4n) is 4.47. The standard InChI is InChI=1S/C30H33N3O4/c1-20(2)29(33(3)19-21-9-7-6-8-10-21)30(34)32-22-11-13-23(14-12-22)37-26-15-16-31-25-18-28(36-5)27(35-4)17-24(25)26/h6-18,20,29H,19H2,1-5H3,(H,32,34). The van der Waals surface area contributed by atoms with Crippen LogP contribution < -0.4 is 19.5 Å². The topological polar surface area (TPSA) is 72.9 Å². The number of aromatic nitrogens is 1. The zero-order valence-electron chi connectivity index (χ0n) is 21.9. The van der Waals surface area contributed by atoms with Crippen LogP contribution in [0.25, 0.3) is 10.9 Å². The fourth-order valence-corrected chi connectivity index (χ4v) is 4.47. The van der Waals surface area contributed by atoms with Gasteiger partial charge in [-0.1, -0.05) is 44.2 Å². The Morgan fingerprint density at radius 3 is 2.24 bits per heavy atom. The van der Waals surface area contributed by atoms with Gasteiger partial charge in [-0.25, -0.2) is 0 Å². The van der Waals surface area contributed by atoms with Gasteiger partial charge in [0.2, 0.25) is 5.91 Å². The predicted octanol–water partition coefficient (Wildman–Crippen LogP) is 6.14. The van der Waals surface area contributed by atoms with Gasteiger partial charge in [-0.05, 0) is 54.9 Å². The third kappa shape index (κ3) is 6.19. The third-order valence-electron chi connectivity index (χ3n) is 6.21.